The molecule has 0 fully saturated rings. The minimum atomic E-state index is -0.346. The Hall–Kier alpha value is -3.32. The zero-order chi connectivity index (χ0) is 20.9. The number of carbonyl (C=O) groups is 1. The standard InChI is InChI=1S/C23H22N4O2S/c1-3-26(18-11-6-4-7-12-18)22(28)17(2)30-23-25-24-21(20-15-10-16-29-20)27(23)19-13-8-5-9-14-19/h4-17H,3H2,1-2H3. The summed E-state index contributed by atoms with van der Waals surface area (Å²) in [5.74, 6) is 1.25. The summed E-state index contributed by atoms with van der Waals surface area (Å²) in [5, 5.41) is 9.01. The van der Waals surface area contributed by atoms with Crippen LogP contribution in [0.1, 0.15) is 13.8 Å². The van der Waals surface area contributed by atoms with Crippen LogP contribution in [0.3, 0.4) is 0 Å². The quantitative estimate of drug-likeness (QED) is 0.393. The monoisotopic (exact) mass is 418 g/mol. The second-order valence-electron chi connectivity index (χ2n) is 6.63. The highest BCUT2D eigenvalue weighted by molar-refractivity contribution is 8.00. The number of nitrogens with zero attached hydrogens (tertiary/aromatic N) is 4. The van der Waals surface area contributed by atoms with Crippen LogP contribution in [0, 0.1) is 0 Å². The predicted octanol–water partition coefficient (Wildman–Crippen LogP) is 5.06. The zero-order valence-corrected chi connectivity index (χ0v) is 17.6. The molecule has 0 N–H and O–H groups in total. The van der Waals surface area contributed by atoms with Gasteiger partial charge in [-0.25, -0.2) is 0 Å². The molecule has 152 valence electrons. The molecule has 0 aliphatic rings. The molecule has 30 heavy (non-hydrogen) atoms. The Balaban J connectivity index is 1.65. The number of rotatable bonds is 7. The summed E-state index contributed by atoms with van der Waals surface area (Å²) >= 11 is 1.39. The molecule has 4 aromatic rings. The summed E-state index contributed by atoms with van der Waals surface area (Å²) in [6, 6.07) is 23.2. The first kappa shape index (κ1) is 20.0. The van der Waals surface area contributed by atoms with Crippen molar-refractivity contribution in [1.82, 2.24) is 14.8 Å². The molecule has 0 radical (unpaired) electrons. The van der Waals surface area contributed by atoms with Gasteiger partial charge >= 0.3 is 0 Å². The average molecular weight is 419 g/mol. The average Bonchev–Trinajstić information content (AvgIpc) is 3.45. The highest BCUT2D eigenvalue weighted by atomic mass is 32.2. The lowest BCUT2D eigenvalue weighted by Gasteiger charge is -2.24. The van der Waals surface area contributed by atoms with E-state index in [0.717, 1.165) is 11.4 Å². The third-order valence-corrected chi connectivity index (χ3v) is 5.70. The number of benzene rings is 2. The van der Waals surface area contributed by atoms with Gasteiger partial charge in [-0.1, -0.05) is 48.2 Å². The van der Waals surface area contributed by atoms with Gasteiger partial charge in [-0.05, 0) is 50.2 Å². The molecule has 1 amide bonds. The van der Waals surface area contributed by atoms with Crippen LogP contribution < -0.4 is 4.90 Å². The first-order valence-corrected chi connectivity index (χ1v) is 10.6. The molecule has 0 saturated carbocycles. The number of furan rings is 1. The molecular formula is C23H22N4O2S. The SMILES string of the molecule is CCN(C(=O)C(C)Sc1nnc(-c2ccco2)n1-c1ccccc1)c1ccccc1. The van der Waals surface area contributed by atoms with Crippen LogP contribution in [-0.4, -0.2) is 32.5 Å². The van der Waals surface area contributed by atoms with Gasteiger partial charge in [0, 0.05) is 17.9 Å². The predicted molar refractivity (Wildman–Crippen MR) is 119 cm³/mol. The van der Waals surface area contributed by atoms with Crippen molar-refractivity contribution in [3.05, 3.63) is 79.1 Å². The minimum Gasteiger partial charge on any atom is -0.461 e. The van der Waals surface area contributed by atoms with Crippen LogP contribution in [0.5, 0.6) is 0 Å². The Bertz CT molecular complexity index is 1090. The molecule has 7 heteroatoms. The Morgan fingerprint density at radius 2 is 1.73 bits per heavy atom. The van der Waals surface area contributed by atoms with Crippen molar-refractivity contribution in [3.63, 3.8) is 0 Å². The molecule has 0 spiro atoms. The molecule has 2 heterocycles. The summed E-state index contributed by atoms with van der Waals surface area (Å²) in [4.78, 5) is 15.0. The molecule has 2 aromatic carbocycles. The molecular weight excluding hydrogens is 396 g/mol. The van der Waals surface area contributed by atoms with Crippen LogP contribution in [-0.2, 0) is 4.79 Å². The van der Waals surface area contributed by atoms with E-state index in [-0.39, 0.29) is 11.2 Å². The number of anilines is 1. The lowest BCUT2D eigenvalue weighted by molar-refractivity contribution is -0.117. The van der Waals surface area contributed by atoms with Crippen molar-refractivity contribution in [1.29, 1.82) is 0 Å². The smallest absolute Gasteiger partial charge is 0.240 e. The molecule has 0 aliphatic carbocycles. The van der Waals surface area contributed by atoms with Gasteiger partial charge in [0.2, 0.25) is 11.7 Å². The number of amides is 1. The van der Waals surface area contributed by atoms with E-state index in [1.54, 1.807) is 11.2 Å². The lowest BCUT2D eigenvalue weighted by atomic mass is 10.2. The fourth-order valence-electron chi connectivity index (χ4n) is 3.22. The van der Waals surface area contributed by atoms with Gasteiger partial charge in [0.1, 0.15) is 0 Å². The molecule has 2 aromatic heterocycles. The van der Waals surface area contributed by atoms with Gasteiger partial charge < -0.3 is 9.32 Å². The summed E-state index contributed by atoms with van der Waals surface area (Å²) in [5.41, 5.74) is 1.80. The Morgan fingerprint density at radius 3 is 2.37 bits per heavy atom. The number of carbonyl (C=O) groups excluding carboxylic acids is 1. The van der Waals surface area contributed by atoms with Gasteiger partial charge in [-0.3, -0.25) is 9.36 Å². The van der Waals surface area contributed by atoms with Crippen LogP contribution >= 0.6 is 11.8 Å². The second kappa shape index (κ2) is 9.00. The van der Waals surface area contributed by atoms with E-state index in [1.165, 1.54) is 11.8 Å². The van der Waals surface area contributed by atoms with Crippen molar-refractivity contribution in [2.75, 3.05) is 11.4 Å². The van der Waals surface area contributed by atoms with Crippen LogP contribution in [0.2, 0.25) is 0 Å². The molecule has 0 saturated heterocycles. The van der Waals surface area contributed by atoms with E-state index >= 15 is 0 Å². The number of hydrogen-bond donors (Lipinski definition) is 0. The summed E-state index contributed by atoms with van der Waals surface area (Å²) in [6.45, 7) is 4.47. The topological polar surface area (TPSA) is 64.2 Å². The normalized spacial score (nSPS) is 11.9. The maximum Gasteiger partial charge on any atom is 0.240 e. The summed E-state index contributed by atoms with van der Waals surface area (Å²) in [6.07, 6.45) is 1.61. The molecule has 6 nitrogen and oxygen atoms in total. The van der Waals surface area contributed by atoms with E-state index in [4.69, 9.17) is 4.42 Å². The maximum atomic E-state index is 13.2. The summed E-state index contributed by atoms with van der Waals surface area (Å²) < 4.78 is 7.48. The highest BCUT2D eigenvalue weighted by Gasteiger charge is 2.26. The second-order valence-corrected chi connectivity index (χ2v) is 7.94. The fraction of sp³-hybridized carbons (Fsp3) is 0.174. The van der Waals surface area contributed by atoms with Crippen molar-refractivity contribution >= 4 is 23.4 Å². The number of thioether (sulfide) groups is 1. The number of hydrogen-bond acceptors (Lipinski definition) is 5. The Labute approximate surface area is 179 Å². The van der Waals surface area contributed by atoms with Crippen molar-refractivity contribution < 1.29 is 9.21 Å². The highest BCUT2D eigenvalue weighted by Crippen LogP contribution is 2.31. The van der Waals surface area contributed by atoms with Crippen LogP contribution in [0.25, 0.3) is 17.3 Å². The van der Waals surface area contributed by atoms with Gasteiger partial charge in [0.05, 0.1) is 11.5 Å². The van der Waals surface area contributed by atoms with Gasteiger partial charge in [0.25, 0.3) is 0 Å². The van der Waals surface area contributed by atoms with E-state index in [1.807, 2.05) is 91.2 Å². The summed E-state index contributed by atoms with van der Waals surface area (Å²) in [7, 11) is 0. The van der Waals surface area contributed by atoms with Gasteiger partial charge in [0.15, 0.2) is 10.9 Å². The third-order valence-electron chi connectivity index (χ3n) is 4.67. The van der Waals surface area contributed by atoms with Crippen LogP contribution in [0.15, 0.2) is 88.6 Å². The molecule has 1 unspecified atom stereocenters. The van der Waals surface area contributed by atoms with Crippen molar-refractivity contribution in [2.45, 2.75) is 24.3 Å². The van der Waals surface area contributed by atoms with E-state index in [9.17, 15) is 4.79 Å². The Kier molecular flexibility index (Phi) is 5.99. The molecule has 4 rings (SSSR count). The van der Waals surface area contributed by atoms with Gasteiger partial charge in [-0.2, -0.15) is 0 Å². The van der Waals surface area contributed by atoms with Crippen molar-refractivity contribution in [3.8, 4) is 17.3 Å². The van der Waals surface area contributed by atoms with Gasteiger partial charge in [-0.15, -0.1) is 10.2 Å². The third kappa shape index (κ3) is 4.02. The number of aromatic nitrogens is 3. The Morgan fingerprint density at radius 1 is 1.03 bits per heavy atom. The lowest BCUT2D eigenvalue weighted by Crippen LogP contribution is -2.36. The van der Waals surface area contributed by atoms with Crippen LogP contribution in [0.4, 0.5) is 5.69 Å². The maximum absolute atomic E-state index is 13.2. The largest absolute Gasteiger partial charge is 0.461 e. The number of para-hydroxylation sites is 2. The van der Waals surface area contributed by atoms with E-state index in [0.29, 0.717) is 23.3 Å². The first-order valence-electron chi connectivity index (χ1n) is 9.77. The van der Waals surface area contributed by atoms with E-state index in [2.05, 4.69) is 10.2 Å². The van der Waals surface area contributed by atoms with Crippen molar-refractivity contribution in [2.24, 2.45) is 0 Å². The first-order chi connectivity index (χ1) is 14.7. The molecule has 0 aliphatic heterocycles. The molecule has 0 bridgehead atoms. The van der Waals surface area contributed by atoms with E-state index < -0.39 is 0 Å². The minimum absolute atomic E-state index is 0.0239. The fourth-order valence-corrected chi connectivity index (χ4v) is 4.15. The molecule has 1 atom stereocenters. The zero-order valence-electron chi connectivity index (χ0n) is 16.8.